The molecular formula is C8H14ClF3N2OS. The quantitative estimate of drug-likeness (QED) is 0.830. The lowest BCUT2D eigenvalue weighted by Crippen LogP contribution is -2.52. The van der Waals surface area contributed by atoms with Gasteiger partial charge in [0.1, 0.15) is 0 Å². The average Bonchev–Trinajstić information content (AvgIpc) is 2.14. The molecule has 1 atom stereocenters. The van der Waals surface area contributed by atoms with Gasteiger partial charge < -0.3 is 10.2 Å². The summed E-state index contributed by atoms with van der Waals surface area (Å²) in [5.74, 6) is -0.959. The highest BCUT2D eigenvalue weighted by atomic mass is 35.5. The first-order chi connectivity index (χ1) is 6.90. The molecule has 0 radical (unpaired) electrons. The number of hydrogen-bond acceptors (Lipinski definition) is 3. The van der Waals surface area contributed by atoms with Crippen LogP contribution in [0.1, 0.15) is 6.92 Å². The highest BCUT2D eigenvalue weighted by molar-refractivity contribution is 8.00. The third-order valence-electron chi connectivity index (χ3n) is 2.18. The van der Waals surface area contributed by atoms with E-state index in [0.717, 1.165) is 0 Å². The number of rotatable bonds is 2. The highest BCUT2D eigenvalue weighted by Crippen LogP contribution is 2.30. The number of piperazine rings is 1. The van der Waals surface area contributed by atoms with Gasteiger partial charge in [-0.2, -0.15) is 13.2 Å². The molecule has 1 fully saturated rings. The van der Waals surface area contributed by atoms with Gasteiger partial charge in [0.2, 0.25) is 5.91 Å². The van der Waals surface area contributed by atoms with Crippen LogP contribution in [0.25, 0.3) is 0 Å². The van der Waals surface area contributed by atoms with Gasteiger partial charge in [0.05, 0.1) is 5.75 Å². The Morgan fingerprint density at radius 3 is 2.69 bits per heavy atom. The molecule has 1 heterocycles. The van der Waals surface area contributed by atoms with Crippen molar-refractivity contribution in [2.24, 2.45) is 0 Å². The van der Waals surface area contributed by atoms with Crippen LogP contribution in [0, 0.1) is 0 Å². The zero-order chi connectivity index (χ0) is 11.5. The molecule has 0 bridgehead atoms. The molecule has 0 aromatic heterocycles. The van der Waals surface area contributed by atoms with Crippen molar-refractivity contribution in [1.29, 1.82) is 0 Å². The lowest BCUT2D eigenvalue weighted by atomic mass is 10.2. The van der Waals surface area contributed by atoms with Crippen molar-refractivity contribution in [2.45, 2.75) is 18.5 Å². The Labute approximate surface area is 103 Å². The van der Waals surface area contributed by atoms with Gasteiger partial charge in [-0.25, -0.2) is 0 Å². The van der Waals surface area contributed by atoms with E-state index in [1.807, 2.05) is 6.92 Å². The summed E-state index contributed by atoms with van der Waals surface area (Å²) in [7, 11) is 0. The SMILES string of the molecule is C[C@H]1CNCCN1C(=O)CSC(F)(F)F.Cl. The summed E-state index contributed by atoms with van der Waals surface area (Å²) in [5.41, 5.74) is -4.33. The summed E-state index contributed by atoms with van der Waals surface area (Å²) < 4.78 is 35.6. The molecule has 16 heavy (non-hydrogen) atoms. The van der Waals surface area contributed by atoms with Gasteiger partial charge in [0.25, 0.3) is 0 Å². The van der Waals surface area contributed by atoms with Crippen LogP contribution in [0.3, 0.4) is 0 Å². The fourth-order valence-corrected chi connectivity index (χ4v) is 1.89. The Morgan fingerprint density at radius 1 is 1.56 bits per heavy atom. The van der Waals surface area contributed by atoms with Crippen LogP contribution in [0.5, 0.6) is 0 Å². The predicted molar refractivity (Wildman–Crippen MR) is 59.8 cm³/mol. The molecule has 0 spiro atoms. The highest BCUT2D eigenvalue weighted by Gasteiger charge is 2.31. The largest absolute Gasteiger partial charge is 0.442 e. The topological polar surface area (TPSA) is 32.3 Å². The van der Waals surface area contributed by atoms with E-state index in [-0.39, 0.29) is 30.2 Å². The first kappa shape index (κ1) is 15.9. The standard InChI is InChI=1S/C8H13F3N2OS.ClH/c1-6-4-12-2-3-13(6)7(14)5-15-8(9,10)11;/h6,12H,2-5H2,1H3;1H/t6-;/m0./s1. The Kier molecular flexibility index (Phi) is 6.50. The van der Waals surface area contributed by atoms with Gasteiger partial charge in [-0.15, -0.1) is 12.4 Å². The van der Waals surface area contributed by atoms with Crippen LogP contribution >= 0.6 is 24.2 Å². The second kappa shape index (κ2) is 6.56. The van der Waals surface area contributed by atoms with E-state index in [1.54, 1.807) is 0 Å². The van der Waals surface area contributed by atoms with Gasteiger partial charge in [-0.3, -0.25) is 4.79 Å². The molecule has 0 aromatic rings. The van der Waals surface area contributed by atoms with Crippen LogP contribution in [-0.2, 0) is 4.79 Å². The Morgan fingerprint density at radius 2 is 2.19 bits per heavy atom. The van der Waals surface area contributed by atoms with E-state index >= 15 is 0 Å². The second-order valence-electron chi connectivity index (χ2n) is 3.37. The predicted octanol–water partition coefficient (Wildman–Crippen LogP) is 1.48. The van der Waals surface area contributed by atoms with E-state index in [1.165, 1.54) is 4.90 Å². The number of nitrogens with one attached hydrogen (secondary N) is 1. The first-order valence-corrected chi connectivity index (χ1v) is 5.59. The Bertz CT molecular complexity index is 240. The van der Waals surface area contributed by atoms with Crippen LogP contribution < -0.4 is 5.32 Å². The summed E-state index contributed by atoms with van der Waals surface area (Å²) in [6, 6.07) is -0.0277. The van der Waals surface area contributed by atoms with Crippen molar-refractivity contribution in [3.05, 3.63) is 0 Å². The molecule has 1 rings (SSSR count). The van der Waals surface area contributed by atoms with Gasteiger partial charge >= 0.3 is 5.51 Å². The Hall–Kier alpha value is -0.140. The van der Waals surface area contributed by atoms with Crippen LogP contribution in [0.4, 0.5) is 13.2 Å². The molecule has 8 heteroatoms. The van der Waals surface area contributed by atoms with Crippen molar-refractivity contribution in [3.8, 4) is 0 Å². The summed E-state index contributed by atoms with van der Waals surface area (Å²) >= 11 is -0.274. The van der Waals surface area contributed by atoms with Gasteiger partial charge in [-0.05, 0) is 18.7 Å². The lowest BCUT2D eigenvalue weighted by Gasteiger charge is -2.34. The summed E-state index contributed by atoms with van der Waals surface area (Å²) in [6.45, 7) is 3.59. The van der Waals surface area contributed by atoms with Crippen molar-refractivity contribution >= 4 is 30.1 Å². The Balaban J connectivity index is 0.00000225. The normalized spacial score (nSPS) is 21.5. The van der Waals surface area contributed by atoms with Crippen LogP contribution in [0.2, 0.25) is 0 Å². The fourth-order valence-electron chi connectivity index (χ4n) is 1.44. The third kappa shape index (κ3) is 5.27. The summed E-state index contributed by atoms with van der Waals surface area (Å²) in [6.07, 6.45) is 0. The van der Waals surface area contributed by atoms with E-state index in [2.05, 4.69) is 5.32 Å². The van der Waals surface area contributed by atoms with Crippen molar-refractivity contribution in [3.63, 3.8) is 0 Å². The molecule has 3 nitrogen and oxygen atoms in total. The first-order valence-electron chi connectivity index (χ1n) is 4.61. The van der Waals surface area contributed by atoms with E-state index in [0.29, 0.717) is 19.6 Å². The minimum absolute atomic E-state index is 0. The van der Waals surface area contributed by atoms with E-state index in [9.17, 15) is 18.0 Å². The minimum atomic E-state index is -4.33. The number of carbonyl (C=O) groups is 1. The van der Waals surface area contributed by atoms with E-state index in [4.69, 9.17) is 0 Å². The van der Waals surface area contributed by atoms with Crippen LogP contribution in [-0.4, -0.2) is 47.7 Å². The number of nitrogens with zero attached hydrogens (tertiary/aromatic N) is 1. The molecule has 0 aliphatic carbocycles. The van der Waals surface area contributed by atoms with Crippen molar-refractivity contribution < 1.29 is 18.0 Å². The molecule has 1 aliphatic rings. The molecule has 96 valence electrons. The maximum atomic E-state index is 11.9. The minimum Gasteiger partial charge on any atom is -0.337 e. The van der Waals surface area contributed by atoms with Crippen molar-refractivity contribution in [2.75, 3.05) is 25.4 Å². The summed E-state index contributed by atoms with van der Waals surface area (Å²) in [5, 5.41) is 3.07. The molecule has 1 amide bonds. The molecule has 1 N–H and O–H groups in total. The maximum absolute atomic E-state index is 11.9. The molecule has 1 saturated heterocycles. The number of thioether (sulfide) groups is 1. The zero-order valence-electron chi connectivity index (χ0n) is 8.71. The molecule has 0 unspecified atom stereocenters. The molecule has 1 aliphatic heterocycles. The van der Waals surface area contributed by atoms with Crippen LogP contribution in [0.15, 0.2) is 0 Å². The zero-order valence-corrected chi connectivity index (χ0v) is 10.3. The van der Waals surface area contributed by atoms with Gasteiger partial charge in [0.15, 0.2) is 0 Å². The van der Waals surface area contributed by atoms with Crippen molar-refractivity contribution in [1.82, 2.24) is 10.2 Å². The molecule has 0 saturated carbocycles. The molecular weight excluding hydrogens is 265 g/mol. The molecule has 0 aromatic carbocycles. The lowest BCUT2D eigenvalue weighted by molar-refractivity contribution is -0.131. The number of halogens is 4. The number of hydrogen-bond donors (Lipinski definition) is 1. The van der Waals surface area contributed by atoms with Gasteiger partial charge in [-0.1, -0.05) is 0 Å². The number of amides is 1. The number of carbonyl (C=O) groups excluding carboxylic acids is 1. The maximum Gasteiger partial charge on any atom is 0.442 e. The van der Waals surface area contributed by atoms with E-state index < -0.39 is 17.2 Å². The van der Waals surface area contributed by atoms with Gasteiger partial charge in [0, 0.05) is 25.7 Å². The summed E-state index contributed by atoms with van der Waals surface area (Å²) in [4.78, 5) is 12.9. The fraction of sp³-hybridized carbons (Fsp3) is 0.875. The monoisotopic (exact) mass is 278 g/mol. The number of alkyl halides is 3. The second-order valence-corrected chi connectivity index (χ2v) is 4.41. The average molecular weight is 279 g/mol. The third-order valence-corrected chi connectivity index (χ3v) is 2.90. The smallest absolute Gasteiger partial charge is 0.337 e.